The Bertz CT molecular complexity index is 720. The number of amides is 1. The molecule has 1 saturated carbocycles. The predicted octanol–water partition coefficient (Wildman–Crippen LogP) is 2.64. The average Bonchev–Trinajstić information content (AvgIpc) is 3.11. The van der Waals surface area contributed by atoms with E-state index in [1.54, 1.807) is 0 Å². The van der Waals surface area contributed by atoms with Crippen molar-refractivity contribution in [2.45, 2.75) is 38.8 Å². The van der Waals surface area contributed by atoms with Gasteiger partial charge in [0.2, 0.25) is 0 Å². The van der Waals surface area contributed by atoms with Crippen LogP contribution in [0.5, 0.6) is 0 Å². The van der Waals surface area contributed by atoms with Gasteiger partial charge in [-0.15, -0.1) is 0 Å². The number of benzene rings is 1. The summed E-state index contributed by atoms with van der Waals surface area (Å²) in [4.78, 5) is 23.6. The number of aliphatic carboxylic acids is 1. The summed E-state index contributed by atoms with van der Waals surface area (Å²) >= 11 is 0. The summed E-state index contributed by atoms with van der Waals surface area (Å²) in [6.07, 6.45) is 3.77. The molecule has 1 aromatic heterocycles. The molecule has 1 amide bonds. The maximum absolute atomic E-state index is 12.5. The Hall–Kier alpha value is -2.30. The topological polar surface area (TPSA) is 71.3 Å². The zero-order valence-electron chi connectivity index (χ0n) is 12.6. The Balaban J connectivity index is 1.80. The van der Waals surface area contributed by atoms with Gasteiger partial charge < -0.3 is 15.0 Å². The molecule has 5 nitrogen and oxygen atoms in total. The van der Waals surface area contributed by atoms with Crippen LogP contribution in [0.4, 0.5) is 0 Å². The van der Waals surface area contributed by atoms with E-state index in [9.17, 15) is 9.59 Å². The first-order chi connectivity index (χ1) is 10.6. The molecule has 116 valence electrons. The van der Waals surface area contributed by atoms with Crippen molar-refractivity contribution < 1.29 is 14.7 Å². The molecule has 1 aliphatic carbocycles. The Morgan fingerprint density at radius 3 is 2.77 bits per heavy atom. The molecule has 0 saturated heterocycles. The highest BCUT2D eigenvalue weighted by Gasteiger charge is 2.31. The van der Waals surface area contributed by atoms with Crippen molar-refractivity contribution in [2.75, 3.05) is 0 Å². The number of aryl methyl sites for hydroxylation is 1. The molecule has 1 aromatic carbocycles. The molecule has 3 rings (SSSR count). The van der Waals surface area contributed by atoms with Gasteiger partial charge in [0.15, 0.2) is 0 Å². The summed E-state index contributed by atoms with van der Waals surface area (Å²) in [5.41, 5.74) is 1.71. The molecule has 0 bridgehead atoms. The molecule has 2 atom stereocenters. The quantitative estimate of drug-likeness (QED) is 0.912. The number of para-hydroxylation sites is 1. The van der Waals surface area contributed by atoms with Crippen molar-refractivity contribution in [1.29, 1.82) is 0 Å². The highest BCUT2D eigenvalue weighted by Crippen LogP contribution is 2.27. The van der Waals surface area contributed by atoms with Gasteiger partial charge in [-0.25, -0.2) is 0 Å². The van der Waals surface area contributed by atoms with Crippen molar-refractivity contribution >= 4 is 22.8 Å². The second-order valence-corrected chi connectivity index (χ2v) is 5.86. The molecular weight excluding hydrogens is 280 g/mol. The number of carboxylic acid groups (broad SMARTS) is 1. The minimum atomic E-state index is -0.765. The molecule has 1 aliphatic rings. The summed E-state index contributed by atoms with van der Waals surface area (Å²) in [7, 11) is 0. The number of aromatic nitrogens is 1. The molecule has 0 unspecified atom stereocenters. The number of nitrogens with one attached hydrogen (secondary N) is 1. The van der Waals surface area contributed by atoms with Gasteiger partial charge in [-0.3, -0.25) is 9.59 Å². The predicted molar refractivity (Wildman–Crippen MR) is 83.8 cm³/mol. The van der Waals surface area contributed by atoms with Crippen molar-refractivity contribution in [1.82, 2.24) is 9.88 Å². The van der Waals surface area contributed by atoms with Gasteiger partial charge in [0.05, 0.1) is 11.5 Å². The molecule has 5 heteroatoms. The lowest BCUT2D eigenvalue weighted by Gasteiger charge is -2.11. The first kappa shape index (κ1) is 14.6. The third-order valence-electron chi connectivity index (χ3n) is 4.49. The SMILES string of the molecule is CCn1cc(C(=O)N[C@@H]2CC[C@H](C(=O)O)C2)c2ccccc21. The zero-order chi connectivity index (χ0) is 15.7. The third-order valence-corrected chi connectivity index (χ3v) is 4.49. The number of fused-ring (bicyclic) bond motifs is 1. The van der Waals surface area contributed by atoms with E-state index in [4.69, 9.17) is 5.11 Å². The summed E-state index contributed by atoms with van der Waals surface area (Å²) in [5.74, 6) is -1.21. The van der Waals surface area contributed by atoms with Gasteiger partial charge in [-0.2, -0.15) is 0 Å². The number of hydrogen-bond donors (Lipinski definition) is 2. The maximum Gasteiger partial charge on any atom is 0.306 e. The van der Waals surface area contributed by atoms with Gasteiger partial charge in [0.1, 0.15) is 0 Å². The monoisotopic (exact) mass is 300 g/mol. The number of carbonyl (C=O) groups excluding carboxylic acids is 1. The fourth-order valence-electron chi connectivity index (χ4n) is 3.29. The van der Waals surface area contributed by atoms with Crippen LogP contribution in [0.15, 0.2) is 30.5 Å². The number of carbonyl (C=O) groups is 2. The van der Waals surface area contributed by atoms with E-state index in [0.717, 1.165) is 23.9 Å². The first-order valence-corrected chi connectivity index (χ1v) is 7.71. The standard InChI is InChI=1S/C17H20N2O3/c1-2-19-10-14(13-5-3-4-6-15(13)19)16(20)18-12-8-7-11(9-12)17(21)22/h3-6,10-12H,2,7-9H2,1H3,(H,18,20)(H,21,22)/t11-,12+/m0/s1. The summed E-state index contributed by atoms with van der Waals surface area (Å²) in [6, 6.07) is 7.80. The Kier molecular flexibility index (Phi) is 3.88. The van der Waals surface area contributed by atoms with Crippen LogP contribution in [-0.2, 0) is 11.3 Å². The number of hydrogen-bond acceptors (Lipinski definition) is 2. The Morgan fingerprint density at radius 1 is 1.32 bits per heavy atom. The van der Waals surface area contributed by atoms with Crippen molar-refractivity contribution in [3.63, 3.8) is 0 Å². The second-order valence-electron chi connectivity index (χ2n) is 5.86. The Morgan fingerprint density at radius 2 is 2.09 bits per heavy atom. The van der Waals surface area contributed by atoms with Crippen LogP contribution in [0.3, 0.4) is 0 Å². The lowest BCUT2D eigenvalue weighted by molar-refractivity contribution is -0.141. The zero-order valence-corrected chi connectivity index (χ0v) is 12.6. The number of nitrogens with zero attached hydrogens (tertiary/aromatic N) is 1. The molecular formula is C17H20N2O3. The van der Waals surface area contributed by atoms with Crippen LogP contribution in [0, 0.1) is 5.92 Å². The smallest absolute Gasteiger partial charge is 0.306 e. The average molecular weight is 300 g/mol. The van der Waals surface area contributed by atoms with Crippen molar-refractivity contribution in [2.24, 2.45) is 5.92 Å². The van der Waals surface area contributed by atoms with Crippen LogP contribution in [-0.4, -0.2) is 27.6 Å². The van der Waals surface area contributed by atoms with E-state index < -0.39 is 5.97 Å². The minimum absolute atomic E-state index is 0.0441. The summed E-state index contributed by atoms with van der Waals surface area (Å²) < 4.78 is 2.05. The summed E-state index contributed by atoms with van der Waals surface area (Å²) in [5, 5.41) is 13.0. The summed E-state index contributed by atoms with van der Waals surface area (Å²) in [6.45, 7) is 2.85. The van der Waals surface area contributed by atoms with Crippen LogP contribution in [0.25, 0.3) is 10.9 Å². The Labute approximate surface area is 128 Å². The van der Waals surface area contributed by atoms with Crippen LogP contribution in [0.2, 0.25) is 0 Å². The van der Waals surface area contributed by atoms with Crippen molar-refractivity contribution in [3.05, 3.63) is 36.0 Å². The molecule has 1 fully saturated rings. The van der Waals surface area contributed by atoms with Gasteiger partial charge in [0, 0.05) is 29.7 Å². The number of carboxylic acids is 1. The molecule has 0 spiro atoms. The van der Waals surface area contributed by atoms with E-state index in [1.807, 2.05) is 37.4 Å². The minimum Gasteiger partial charge on any atom is -0.481 e. The second kappa shape index (κ2) is 5.83. The van der Waals surface area contributed by atoms with E-state index >= 15 is 0 Å². The van der Waals surface area contributed by atoms with E-state index in [1.165, 1.54) is 0 Å². The highest BCUT2D eigenvalue weighted by atomic mass is 16.4. The van der Waals surface area contributed by atoms with Gasteiger partial charge in [0.25, 0.3) is 5.91 Å². The molecule has 2 N–H and O–H groups in total. The van der Waals surface area contributed by atoms with Gasteiger partial charge in [-0.05, 0) is 32.3 Å². The molecule has 22 heavy (non-hydrogen) atoms. The largest absolute Gasteiger partial charge is 0.481 e. The lowest BCUT2D eigenvalue weighted by atomic mass is 10.1. The van der Waals surface area contributed by atoms with Crippen LogP contribution < -0.4 is 5.32 Å². The van der Waals surface area contributed by atoms with Gasteiger partial charge >= 0.3 is 5.97 Å². The van der Waals surface area contributed by atoms with Gasteiger partial charge in [-0.1, -0.05) is 18.2 Å². The normalized spacial score (nSPS) is 21.1. The molecule has 0 radical (unpaired) electrons. The van der Waals surface area contributed by atoms with Crippen LogP contribution in [0.1, 0.15) is 36.5 Å². The fourth-order valence-corrected chi connectivity index (χ4v) is 3.29. The van der Waals surface area contributed by atoms with E-state index in [2.05, 4.69) is 9.88 Å². The molecule has 0 aliphatic heterocycles. The number of rotatable bonds is 4. The van der Waals surface area contributed by atoms with Crippen LogP contribution >= 0.6 is 0 Å². The van der Waals surface area contributed by atoms with E-state index in [0.29, 0.717) is 18.4 Å². The maximum atomic E-state index is 12.5. The highest BCUT2D eigenvalue weighted by molar-refractivity contribution is 6.07. The first-order valence-electron chi connectivity index (χ1n) is 7.71. The van der Waals surface area contributed by atoms with Crippen molar-refractivity contribution in [3.8, 4) is 0 Å². The molecule has 1 heterocycles. The molecule has 2 aromatic rings. The van der Waals surface area contributed by atoms with E-state index in [-0.39, 0.29) is 17.9 Å². The fraction of sp³-hybridized carbons (Fsp3) is 0.412. The third kappa shape index (κ3) is 2.58. The lowest BCUT2D eigenvalue weighted by Crippen LogP contribution is -2.33.